The molecule has 9 aromatic rings. The molecule has 0 bridgehead atoms. The molecule has 2 heterocycles. The Bertz CT molecular complexity index is 2770. The minimum atomic E-state index is -0.246. The second kappa shape index (κ2) is 10.2. The van der Waals surface area contributed by atoms with Gasteiger partial charge in [-0.2, -0.15) is 0 Å². The van der Waals surface area contributed by atoms with Gasteiger partial charge in [0.25, 0.3) is 0 Å². The van der Waals surface area contributed by atoms with Crippen LogP contribution in [0, 0.1) is 5.82 Å². The van der Waals surface area contributed by atoms with Gasteiger partial charge in [-0.3, -0.25) is 0 Å². The number of aromatic nitrogens is 1. The van der Waals surface area contributed by atoms with E-state index in [0.717, 1.165) is 66.5 Å². The molecule has 4 heteroatoms. The number of halogens is 1. The molecular formula is C45H31FN2O. The van der Waals surface area contributed by atoms with E-state index in [1.54, 1.807) is 0 Å². The third-order valence-electron chi connectivity index (χ3n) is 10.4. The van der Waals surface area contributed by atoms with Gasteiger partial charge in [-0.05, 0) is 101 Å². The van der Waals surface area contributed by atoms with E-state index in [2.05, 4.69) is 139 Å². The van der Waals surface area contributed by atoms with Gasteiger partial charge >= 0.3 is 0 Å². The normalized spacial score (nSPS) is 13.4. The molecule has 0 N–H and O–H groups in total. The van der Waals surface area contributed by atoms with Gasteiger partial charge < -0.3 is 13.9 Å². The van der Waals surface area contributed by atoms with Crippen molar-refractivity contribution in [1.82, 2.24) is 4.57 Å². The maximum absolute atomic E-state index is 14.0. The van der Waals surface area contributed by atoms with Crippen molar-refractivity contribution in [3.05, 3.63) is 169 Å². The van der Waals surface area contributed by atoms with Gasteiger partial charge in [-0.1, -0.05) is 80.6 Å². The van der Waals surface area contributed by atoms with E-state index in [4.69, 9.17) is 4.42 Å². The number of nitrogens with zero attached hydrogens (tertiary/aromatic N) is 2. The molecule has 10 rings (SSSR count). The van der Waals surface area contributed by atoms with Crippen molar-refractivity contribution < 1.29 is 8.81 Å². The fourth-order valence-corrected chi connectivity index (χ4v) is 8.10. The molecular weight excluding hydrogens is 604 g/mol. The van der Waals surface area contributed by atoms with E-state index in [0.29, 0.717) is 0 Å². The fraction of sp³-hybridized carbons (Fsp3) is 0.0667. The third-order valence-corrected chi connectivity index (χ3v) is 10.4. The monoisotopic (exact) mass is 634 g/mol. The number of hydrogen-bond acceptors (Lipinski definition) is 2. The molecule has 0 saturated carbocycles. The lowest BCUT2D eigenvalue weighted by Crippen LogP contribution is -2.16. The summed E-state index contributed by atoms with van der Waals surface area (Å²) in [5, 5.41) is 4.48. The Labute approximate surface area is 283 Å². The van der Waals surface area contributed by atoms with Crippen LogP contribution in [-0.4, -0.2) is 4.57 Å². The lowest BCUT2D eigenvalue weighted by atomic mass is 9.82. The minimum Gasteiger partial charge on any atom is -0.456 e. The van der Waals surface area contributed by atoms with Crippen molar-refractivity contribution in [2.24, 2.45) is 0 Å². The van der Waals surface area contributed by atoms with Gasteiger partial charge in [0.1, 0.15) is 17.0 Å². The zero-order valence-corrected chi connectivity index (χ0v) is 27.1. The Morgan fingerprint density at radius 2 is 1.14 bits per heavy atom. The molecule has 2 aromatic heterocycles. The SMILES string of the molecule is CC1(C)c2ccccc2-c2ccc(N(c3ccc4c(c3)oc3ccccc34)c3ccc4c(c3)c3ccccc3n4-c3ccc(F)cc3)cc21. The summed E-state index contributed by atoms with van der Waals surface area (Å²) in [7, 11) is 0. The Kier molecular flexibility index (Phi) is 5.81. The summed E-state index contributed by atoms with van der Waals surface area (Å²) in [5.41, 5.74) is 13.1. The minimum absolute atomic E-state index is 0.136. The van der Waals surface area contributed by atoms with Gasteiger partial charge in [0.2, 0.25) is 0 Å². The second-order valence-electron chi connectivity index (χ2n) is 13.5. The molecule has 0 unspecified atom stereocenters. The van der Waals surface area contributed by atoms with Crippen molar-refractivity contribution in [2.45, 2.75) is 19.3 Å². The van der Waals surface area contributed by atoms with Crippen molar-refractivity contribution in [2.75, 3.05) is 4.90 Å². The maximum Gasteiger partial charge on any atom is 0.137 e. The molecule has 3 nitrogen and oxygen atoms in total. The lowest BCUT2D eigenvalue weighted by molar-refractivity contribution is 0.627. The zero-order valence-electron chi connectivity index (χ0n) is 27.1. The van der Waals surface area contributed by atoms with Crippen LogP contribution in [0.1, 0.15) is 25.0 Å². The molecule has 49 heavy (non-hydrogen) atoms. The number of hydrogen-bond donors (Lipinski definition) is 0. The summed E-state index contributed by atoms with van der Waals surface area (Å²) in [4.78, 5) is 2.34. The summed E-state index contributed by atoms with van der Waals surface area (Å²) < 4.78 is 22.6. The number of rotatable bonds is 4. The van der Waals surface area contributed by atoms with Crippen LogP contribution >= 0.6 is 0 Å². The van der Waals surface area contributed by atoms with Crippen molar-refractivity contribution in [3.63, 3.8) is 0 Å². The number of fused-ring (bicyclic) bond motifs is 9. The number of benzene rings is 7. The Morgan fingerprint density at radius 3 is 2.02 bits per heavy atom. The van der Waals surface area contributed by atoms with Gasteiger partial charge in [0.05, 0.1) is 11.0 Å². The van der Waals surface area contributed by atoms with Crippen LogP contribution in [0.15, 0.2) is 156 Å². The summed E-state index contributed by atoms with van der Waals surface area (Å²) in [5.74, 6) is -0.246. The third kappa shape index (κ3) is 4.07. The quantitative estimate of drug-likeness (QED) is 0.192. The van der Waals surface area contributed by atoms with Crippen LogP contribution in [-0.2, 0) is 5.41 Å². The molecule has 0 atom stereocenters. The topological polar surface area (TPSA) is 21.3 Å². The van der Waals surface area contributed by atoms with Crippen LogP contribution in [0.2, 0.25) is 0 Å². The average molecular weight is 635 g/mol. The Balaban J connectivity index is 1.21. The van der Waals surface area contributed by atoms with Crippen LogP contribution in [0.25, 0.3) is 60.6 Å². The largest absolute Gasteiger partial charge is 0.456 e. The number of furan rings is 1. The van der Waals surface area contributed by atoms with Crippen molar-refractivity contribution in [3.8, 4) is 16.8 Å². The summed E-state index contributed by atoms with van der Waals surface area (Å²) in [6.45, 7) is 4.64. The molecule has 0 radical (unpaired) electrons. The predicted molar refractivity (Wildman–Crippen MR) is 200 cm³/mol. The van der Waals surface area contributed by atoms with E-state index in [1.807, 2.05) is 24.3 Å². The highest BCUT2D eigenvalue weighted by molar-refractivity contribution is 6.11. The van der Waals surface area contributed by atoms with Crippen molar-refractivity contribution >= 4 is 60.8 Å². The molecule has 234 valence electrons. The van der Waals surface area contributed by atoms with Gasteiger partial charge in [0, 0.05) is 55.8 Å². The highest BCUT2D eigenvalue weighted by atomic mass is 19.1. The second-order valence-corrected chi connectivity index (χ2v) is 13.5. The van der Waals surface area contributed by atoms with E-state index in [1.165, 1.54) is 34.4 Å². The van der Waals surface area contributed by atoms with E-state index in [-0.39, 0.29) is 11.2 Å². The van der Waals surface area contributed by atoms with Crippen LogP contribution in [0.3, 0.4) is 0 Å². The number of para-hydroxylation sites is 2. The van der Waals surface area contributed by atoms with E-state index in [9.17, 15) is 4.39 Å². The summed E-state index contributed by atoms with van der Waals surface area (Å²) in [6.07, 6.45) is 0. The first-order valence-electron chi connectivity index (χ1n) is 16.7. The lowest BCUT2D eigenvalue weighted by Gasteiger charge is -2.28. The number of anilines is 3. The van der Waals surface area contributed by atoms with E-state index >= 15 is 0 Å². The highest BCUT2D eigenvalue weighted by Gasteiger charge is 2.35. The van der Waals surface area contributed by atoms with E-state index < -0.39 is 0 Å². The van der Waals surface area contributed by atoms with Crippen LogP contribution in [0.4, 0.5) is 21.5 Å². The van der Waals surface area contributed by atoms with Crippen LogP contribution < -0.4 is 4.90 Å². The standard InChI is InChI=1S/C45H31FN2O/c1-45(2)39-12-6-3-9-33(39)34-22-19-31(26-40(34)45)47(32-20-23-37-36-11-5-8-14-43(36)49-44(37)27-32)30-21-24-42-38(25-30)35-10-4-7-13-41(35)48(42)29-17-15-28(46)16-18-29/h3-27H,1-2H3. The van der Waals surface area contributed by atoms with Gasteiger partial charge in [-0.25, -0.2) is 4.39 Å². The van der Waals surface area contributed by atoms with Crippen LogP contribution in [0.5, 0.6) is 0 Å². The first kappa shape index (κ1) is 27.9. The average Bonchev–Trinajstić information content (AvgIpc) is 3.74. The first-order chi connectivity index (χ1) is 24.0. The first-order valence-corrected chi connectivity index (χ1v) is 16.7. The molecule has 0 aliphatic heterocycles. The fourth-order valence-electron chi connectivity index (χ4n) is 8.10. The molecule has 0 fully saturated rings. The molecule has 0 spiro atoms. The zero-order chi connectivity index (χ0) is 32.9. The molecule has 1 aliphatic carbocycles. The Morgan fingerprint density at radius 1 is 0.510 bits per heavy atom. The van der Waals surface area contributed by atoms with Gasteiger partial charge in [0.15, 0.2) is 0 Å². The van der Waals surface area contributed by atoms with Crippen molar-refractivity contribution in [1.29, 1.82) is 0 Å². The molecule has 7 aromatic carbocycles. The highest BCUT2D eigenvalue weighted by Crippen LogP contribution is 2.51. The summed E-state index contributed by atoms with van der Waals surface area (Å²) >= 11 is 0. The Hall–Kier alpha value is -6.13. The molecule has 0 amide bonds. The molecule has 0 saturated heterocycles. The maximum atomic E-state index is 14.0. The smallest absolute Gasteiger partial charge is 0.137 e. The van der Waals surface area contributed by atoms with Gasteiger partial charge in [-0.15, -0.1) is 0 Å². The summed E-state index contributed by atoms with van der Waals surface area (Å²) in [6, 6.07) is 52.2. The predicted octanol–water partition coefficient (Wildman–Crippen LogP) is 12.6. The molecule has 1 aliphatic rings.